The van der Waals surface area contributed by atoms with Gasteiger partial charge in [0.1, 0.15) is 5.75 Å². The Morgan fingerprint density at radius 2 is 1.83 bits per heavy atom. The molecule has 1 N–H and O–H groups in total. The molecule has 0 aliphatic carbocycles. The maximum atomic E-state index is 9.03. The summed E-state index contributed by atoms with van der Waals surface area (Å²) in [6, 6.07) is 11.9. The molecule has 0 atom stereocenters. The van der Waals surface area contributed by atoms with Crippen LogP contribution in [0.5, 0.6) is 5.75 Å². The summed E-state index contributed by atoms with van der Waals surface area (Å²) in [6.45, 7) is 0.146. The number of nitrogens with zero attached hydrogens (tertiary/aromatic N) is 2. The Morgan fingerprint density at radius 1 is 1.09 bits per heavy atom. The van der Waals surface area contributed by atoms with Gasteiger partial charge >= 0.3 is 0 Å². The highest BCUT2D eigenvalue weighted by Crippen LogP contribution is 2.40. The van der Waals surface area contributed by atoms with Gasteiger partial charge in [-0.1, -0.05) is 11.8 Å². The van der Waals surface area contributed by atoms with Crippen LogP contribution in [0.4, 0.5) is 0 Å². The number of pyridine rings is 1. The Hall–Kier alpha value is -1.89. The van der Waals surface area contributed by atoms with E-state index in [1.54, 1.807) is 42.6 Å². The number of hydrogen-bond donors (Lipinski definition) is 1. The molecule has 0 spiro atoms. The van der Waals surface area contributed by atoms with Crippen LogP contribution in [0.1, 0.15) is 0 Å². The molecule has 3 aromatic rings. The second kappa shape index (κ2) is 7.59. The Balaban J connectivity index is 2.04. The fourth-order valence-corrected chi connectivity index (χ4v) is 4.12. The average Bonchev–Trinajstić information content (AvgIpc) is 3.05. The van der Waals surface area contributed by atoms with Crippen LogP contribution in [0.2, 0.25) is 0 Å². The van der Waals surface area contributed by atoms with Gasteiger partial charge in [0.2, 0.25) is 0 Å². The zero-order valence-electron chi connectivity index (χ0n) is 12.6. The fourth-order valence-electron chi connectivity index (χ4n) is 2.14. The van der Waals surface area contributed by atoms with Gasteiger partial charge in [-0.2, -0.15) is 0 Å². The van der Waals surface area contributed by atoms with Crippen molar-refractivity contribution in [3.63, 3.8) is 0 Å². The van der Waals surface area contributed by atoms with Crippen LogP contribution >= 0.6 is 23.1 Å². The summed E-state index contributed by atoms with van der Waals surface area (Å²) in [5.41, 5.74) is 3.09. The van der Waals surface area contributed by atoms with Gasteiger partial charge in [0.05, 0.1) is 24.3 Å². The Bertz CT molecular complexity index is 758. The monoisotopic (exact) mass is 344 g/mol. The lowest BCUT2D eigenvalue weighted by atomic mass is 10.1. The van der Waals surface area contributed by atoms with Crippen LogP contribution in [0.15, 0.2) is 53.1 Å². The van der Waals surface area contributed by atoms with Gasteiger partial charge in [-0.25, -0.2) is 4.98 Å². The molecule has 0 bridgehead atoms. The number of methoxy groups -OCH3 is 1. The number of ether oxygens (including phenoxy) is 1. The molecule has 0 saturated heterocycles. The maximum absolute atomic E-state index is 9.03. The molecule has 6 heteroatoms. The number of thiazole rings is 1. The van der Waals surface area contributed by atoms with E-state index >= 15 is 0 Å². The number of rotatable bonds is 6. The van der Waals surface area contributed by atoms with E-state index in [0.29, 0.717) is 5.75 Å². The quantitative estimate of drug-likeness (QED) is 0.686. The summed E-state index contributed by atoms with van der Waals surface area (Å²) in [6.07, 6.45) is 3.57. The summed E-state index contributed by atoms with van der Waals surface area (Å²) in [7, 11) is 1.66. The second-order valence-electron chi connectivity index (χ2n) is 4.69. The third kappa shape index (κ3) is 3.72. The molecule has 3 rings (SSSR count). The molecule has 1 aromatic carbocycles. The number of benzene rings is 1. The molecule has 2 heterocycles. The lowest BCUT2D eigenvalue weighted by Crippen LogP contribution is -1.86. The first-order chi connectivity index (χ1) is 11.3. The minimum absolute atomic E-state index is 0.146. The van der Waals surface area contributed by atoms with Crippen LogP contribution < -0.4 is 4.74 Å². The van der Waals surface area contributed by atoms with Crippen LogP contribution in [0, 0.1) is 0 Å². The van der Waals surface area contributed by atoms with E-state index in [9.17, 15) is 0 Å². The standard InChI is InChI=1S/C17H16N2O2S2/c1-21-14-4-2-12(3-5-14)15-16(13-6-8-18-9-7-13)23-17(19-15)22-11-10-20/h2-9,20H,10-11H2,1H3. The van der Waals surface area contributed by atoms with E-state index in [-0.39, 0.29) is 6.61 Å². The van der Waals surface area contributed by atoms with Gasteiger partial charge in [-0.3, -0.25) is 4.98 Å². The minimum atomic E-state index is 0.146. The normalized spacial score (nSPS) is 10.7. The fraction of sp³-hybridized carbons (Fsp3) is 0.176. The van der Waals surface area contributed by atoms with E-state index in [4.69, 9.17) is 14.8 Å². The molecular formula is C17H16N2O2S2. The van der Waals surface area contributed by atoms with Crippen molar-refractivity contribution in [2.75, 3.05) is 19.5 Å². The lowest BCUT2D eigenvalue weighted by Gasteiger charge is -2.04. The number of aliphatic hydroxyl groups excluding tert-OH is 1. The topological polar surface area (TPSA) is 55.2 Å². The highest BCUT2D eigenvalue weighted by molar-refractivity contribution is 8.01. The zero-order chi connectivity index (χ0) is 16.1. The SMILES string of the molecule is COc1ccc(-c2nc(SCCO)sc2-c2ccncc2)cc1. The smallest absolute Gasteiger partial charge is 0.151 e. The molecule has 0 aliphatic heterocycles. The van der Waals surface area contributed by atoms with Gasteiger partial charge in [0.25, 0.3) is 0 Å². The molecule has 0 aliphatic rings. The zero-order valence-corrected chi connectivity index (χ0v) is 14.2. The van der Waals surface area contributed by atoms with Gasteiger partial charge in [0.15, 0.2) is 4.34 Å². The van der Waals surface area contributed by atoms with E-state index in [1.165, 1.54) is 0 Å². The highest BCUT2D eigenvalue weighted by atomic mass is 32.2. The first-order valence-corrected chi connectivity index (χ1v) is 8.91. The second-order valence-corrected chi connectivity index (χ2v) is 7.04. The summed E-state index contributed by atoms with van der Waals surface area (Å²) in [5.74, 6) is 1.47. The first-order valence-electron chi connectivity index (χ1n) is 7.11. The summed E-state index contributed by atoms with van der Waals surface area (Å²) in [4.78, 5) is 9.95. The van der Waals surface area contributed by atoms with E-state index in [0.717, 1.165) is 31.8 Å². The predicted octanol–water partition coefficient (Wildman–Crippen LogP) is 3.97. The largest absolute Gasteiger partial charge is 0.497 e. The maximum Gasteiger partial charge on any atom is 0.151 e. The highest BCUT2D eigenvalue weighted by Gasteiger charge is 2.15. The molecule has 0 radical (unpaired) electrons. The molecule has 23 heavy (non-hydrogen) atoms. The molecule has 118 valence electrons. The van der Waals surface area contributed by atoms with Crippen molar-refractivity contribution in [2.45, 2.75) is 4.34 Å². The van der Waals surface area contributed by atoms with Crippen molar-refractivity contribution in [1.82, 2.24) is 9.97 Å². The Labute approximate surface area is 143 Å². The summed E-state index contributed by atoms with van der Waals surface area (Å²) < 4.78 is 6.18. The summed E-state index contributed by atoms with van der Waals surface area (Å²) >= 11 is 3.21. The van der Waals surface area contributed by atoms with Crippen molar-refractivity contribution in [1.29, 1.82) is 0 Å². The van der Waals surface area contributed by atoms with Gasteiger partial charge in [-0.15, -0.1) is 11.3 Å². The van der Waals surface area contributed by atoms with Crippen molar-refractivity contribution in [3.05, 3.63) is 48.8 Å². The van der Waals surface area contributed by atoms with E-state index in [2.05, 4.69) is 4.98 Å². The Kier molecular flexibility index (Phi) is 5.27. The Morgan fingerprint density at radius 3 is 2.48 bits per heavy atom. The molecular weight excluding hydrogens is 328 g/mol. The lowest BCUT2D eigenvalue weighted by molar-refractivity contribution is 0.322. The molecule has 0 fully saturated rings. The number of aromatic nitrogens is 2. The van der Waals surface area contributed by atoms with E-state index < -0.39 is 0 Å². The van der Waals surface area contributed by atoms with Gasteiger partial charge in [0, 0.05) is 23.7 Å². The number of thioether (sulfide) groups is 1. The molecule has 4 nitrogen and oxygen atoms in total. The van der Waals surface area contributed by atoms with Crippen LogP contribution in [-0.2, 0) is 0 Å². The third-order valence-electron chi connectivity index (χ3n) is 3.23. The molecule has 0 amide bonds. The number of aliphatic hydroxyl groups is 1. The van der Waals surface area contributed by atoms with Crippen LogP contribution in [0.25, 0.3) is 21.7 Å². The van der Waals surface area contributed by atoms with Crippen molar-refractivity contribution in [2.24, 2.45) is 0 Å². The van der Waals surface area contributed by atoms with Crippen LogP contribution in [0.3, 0.4) is 0 Å². The van der Waals surface area contributed by atoms with Crippen LogP contribution in [-0.4, -0.2) is 34.5 Å². The predicted molar refractivity (Wildman–Crippen MR) is 95.1 cm³/mol. The third-order valence-corrected chi connectivity index (χ3v) is 5.46. The van der Waals surface area contributed by atoms with Gasteiger partial charge < -0.3 is 9.84 Å². The number of hydrogen-bond acceptors (Lipinski definition) is 6. The van der Waals surface area contributed by atoms with E-state index in [1.807, 2.05) is 36.4 Å². The molecule has 0 unspecified atom stereocenters. The van der Waals surface area contributed by atoms with Crippen molar-refractivity contribution >= 4 is 23.1 Å². The molecule has 2 aromatic heterocycles. The first kappa shape index (κ1) is 16.0. The van der Waals surface area contributed by atoms with Crippen molar-refractivity contribution in [3.8, 4) is 27.4 Å². The average molecular weight is 344 g/mol. The molecule has 0 saturated carbocycles. The van der Waals surface area contributed by atoms with Gasteiger partial charge in [-0.05, 0) is 42.0 Å². The van der Waals surface area contributed by atoms with Crippen molar-refractivity contribution < 1.29 is 9.84 Å². The minimum Gasteiger partial charge on any atom is -0.497 e. The summed E-state index contributed by atoms with van der Waals surface area (Å²) in [5, 5.41) is 9.03.